The highest BCUT2D eigenvalue weighted by Crippen LogP contribution is 2.30. The summed E-state index contributed by atoms with van der Waals surface area (Å²) in [5.74, 6) is -1.29. The van der Waals surface area contributed by atoms with Crippen LogP contribution in [0.2, 0.25) is 5.02 Å². The summed E-state index contributed by atoms with van der Waals surface area (Å²) in [6.07, 6.45) is 0. The van der Waals surface area contributed by atoms with Crippen LogP contribution in [0.5, 0.6) is 0 Å². The zero-order valence-electron chi connectivity index (χ0n) is 10.9. The molecule has 0 spiro atoms. The maximum absolute atomic E-state index is 12.2. The van der Waals surface area contributed by atoms with Crippen LogP contribution in [-0.4, -0.2) is 15.6 Å². The van der Waals surface area contributed by atoms with Gasteiger partial charge in [0.1, 0.15) is 5.56 Å². The molecule has 0 atom stereocenters. The predicted molar refractivity (Wildman–Crippen MR) is 75.2 cm³/mol. The Kier molecular flexibility index (Phi) is 3.37. The van der Waals surface area contributed by atoms with Crippen LogP contribution in [0.3, 0.4) is 0 Å². The molecular weight excluding hydrogens is 266 g/mol. The van der Waals surface area contributed by atoms with Gasteiger partial charge in [0.2, 0.25) is 0 Å². The molecule has 0 aliphatic rings. The second-order valence-electron chi connectivity index (χ2n) is 4.75. The number of halogens is 1. The standard InChI is InChI=1S/C14H14ClNO3/c1-7(2)10-8-5-4-6-9(15)12(8)16(3)13(17)11(10)14(18)19/h4-7H,1-3H3,(H,18,19). The number of para-hydroxylation sites is 1. The molecule has 19 heavy (non-hydrogen) atoms. The van der Waals surface area contributed by atoms with E-state index in [1.54, 1.807) is 18.2 Å². The fraction of sp³-hybridized carbons (Fsp3) is 0.286. The summed E-state index contributed by atoms with van der Waals surface area (Å²) in [6.45, 7) is 3.73. The monoisotopic (exact) mass is 279 g/mol. The largest absolute Gasteiger partial charge is 0.477 e. The van der Waals surface area contributed by atoms with Crippen LogP contribution >= 0.6 is 11.6 Å². The fourth-order valence-corrected chi connectivity index (χ4v) is 2.70. The Hall–Kier alpha value is -1.81. The summed E-state index contributed by atoms with van der Waals surface area (Å²) in [5.41, 5.74) is 0.403. The zero-order chi connectivity index (χ0) is 14.3. The van der Waals surface area contributed by atoms with Crippen molar-refractivity contribution in [3.05, 3.63) is 44.7 Å². The van der Waals surface area contributed by atoms with Gasteiger partial charge >= 0.3 is 5.97 Å². The van der Waals surface area contributed by atoms with Crippen molar-refractivity contribution < 1.29 is 9.90 Å². The molecule has 2 aromatic rings. The molecule has 0 saturated heterocycles. The van der Waals surface area contributed by atoms with E-state index in [0.29, 0.717) is 21.5 Å². The molecule has 0 radical (unpaired) electrons. The van der Waals surface area contributed by atoms with Crippen LogP contribution in [0.1, 0.15) is 35.7 Å². The summed E-state index contributed by atoms with van der Waals surface area (Å²) in [7, 11) is 1.53. The van der Waals surface area contributed by atoms with Gasteiger partial charge in [-0.2, -0.15) is 0 Å². The number of rotatable bonds is 2. The van der Waals surface area contributed by atoms with E-state index in [4.69, 9.17) is 11.6 Å². The van der Waals surface area contributed by atoms with E-state index in [1.165, 1.54) is 11.6 Å². The molecule has 0 bridgehead atoms. The number of aromatic nitrogens is 1. The van der Waals surface area contributed by atoms with Crippen molar-refractivity contribution in [1.82, 2.24) is 4.57 Å². The maximum atomic E-state index is 12.2. The lowest BCUT2D eigenvalue weighted by atomic mass is 9.93. The van der Waals surface area contributed by atoms with Crippen LogP contribution in [0.25, 0.3) is 10.9 Å². The number of carboxylic acid groups (broad SMARTS) is 1. The number of hydrogen-bond donors (Lipinski definition) is 1. The van der Waals surface area contributed by atoms with E-state index in [-0.39, 0.29) is 11.5 Å². The molecule has 0 saturated carbocycles. The van der Waals surface area contributed by atoms with Crippen molar-refractivity contribution in [3.63, 3.8) is 0 Å². The van der Waals surface area contributed by atoms with Gasteiger partial charge in [-0.1, -0.05) is 37.6 Å². The molecule has 0 unspecified atom stereocenters. The molecule has 0 fully saturated rings. The number of aryl methyl sites for hydroxylation is 1. The summed E-state index contributed by atoms with van der Waals surface area (Å²) in [5, 5.41) is 10.5. The number of fused-ring (bicyclic) bond motifs is 1. The Morgan fingerprint density at radius 3 is 2.53 bits per heavy atom. The minimum absolute atomic E-state index is 0.0824. The lowest BCUT2D eigenvalue weighted by molar-refractivity contribution is 0.0693. The van der Waals surface area contributed by atoms with E-state index < -0.39 is 11.5 Å². The van der Waals surface area contributed by atoms with E-state index >= 15 is 0 Å². The highest BCUT2D eigenvalue weighted by atomic mass is 35.5. The summed E-state index contributed by atoms with van der Waals surface area (Å²) in [4.78, 5) is 23.6. The highest BCUT2D eigenvalue weighted by molar-refractivity contribution is 6.35. The lowest BCUT2D eigenvalue weighted by Gasteiger charge is -2.16. The number of pyridine rings is 1. The maximum Gasteiger partial charge on any atom is 0.341 e. The Labute approximate surface area is 115 Å². The molecule has 1 N–H and O–H groups in total. The molecule has 100 valence electrons. The van der Waals surface area contributed by atoms with Crippen molar-refractivity contribution in [2.24, 2.45) is 7.05 Å². The van der Waals surface area contributed by atoms with Crippen molar-refractivity contribution in [1.29, 1.82) is 0 Å². The molecule has 5 heteroatoms. The number of hydrogen-bond acceptors (Lipinski definition) is 2. The molecule has 1 aromatic heterocycles. The van der Waals surface area contributed by atoms with Crippen LogP contribution in [0, 0.1) is 0 Å². The van der Waals surface area contributed by atoms with Gasteiger partial charge in [0.25, 0.3) is 5.56 Å². The quantitative estimate of drug-likeness (QED) is 0.919. The van der Waals surface area contributed by atoms with Gasteiger partial charge in [-0.15, -0.1) is 0 Å². The first-order chi connectivity index (χ1) is 8.86. The van der Waals surface area contributed by atoms with Crippen molar-refractivity contribution >= 4 is 28.5 Å². The minimum Gasteiger partial charge on any atom is -0.477 e. The smallest absolute Gasteiger partial charge is 0.341 e. The van der Waals surface area contributed by atoms with Crippen LogP contribution in [0.15, 0.2) is 23.0 Å². The average Bonchev–Trinajstić information content (AvgIpc) is 2.32. The minimum atomic E-state index is -1.20. The van der Waals surface area contributed by atoms with Crippen LogP contribution in [0.4, 0.5) is 0 Å². The van der Waals surface area contributed by atoms with Crippen molar-refractivity contribution in [3.8, 4) is 0 Å². The zero-order valence-corrected chi connectivity index (χ0v) is 11.7. The fourth-order valence-electron chi connectivity index (χ4n) is 2.40. The molecular formula is C14H14ClNO3. The highest BCUT2D eigenvalue weighted by Gasteiger charge is 2.23. The molecule has 1 aromatic carbocycles. The Balaban J connectivity index is 3.14. The molecule has 0 aliphatic heterocycles. The first-order valence-corrected chi connectivity index (χ1v) is 6.28. The SMILES string of the molecule is CC(C)c1c(C(=O)O)c(=O)n(C)c2c(Cl)cccc12. The predicted octanol–water partition coefficient (Wildman–Crippen LogP) is 3.01. The Bertz CT molecular complexity index is 732. The van der Waals surface area contributed by atoms with Gasteiger partial charge in [-0.25, -0.2) is 4.79 Å². The van der Waals surface area contributed by atoms with Gasteiger partial charge in [0.05, 0.1) is 10.5 Å². The van der Waals surface area contributed by atoms with Gasteiger partial charge in [0, 0.05) is 12.4 Å². The molecule has 0 aliphatic carbocycles. The van der Waals surface area contributed by atoms with E-state index in [1.807, 2.05) is 13.8 Å². The first-order valence-electron chi connectivity index (χ1n) is 5.90. The molecule has 4 nitrogen and oxygen atoms in total. The summed E-state index contributed by atoms with van der Waals surface area (Å²) in [6, 6.07) is 5.24. The topological polar surface area (TPSA) is 59.3 Å². The van der Waals surface area contributed by atoms with Crippen LogP contribution < -0.4 is 5.56 Å². The average molecular weight is 280 g/mol. The molecule has 0 amide bonds. The Morgan fingerprint density at radius 2 is 2.00 bits per heavy atom. The summed E-state index contributed by atoms with van der Waals surface area (Å²) >= 11 is 6.14. The number of aromatic carboxylic acids is 1. The summed E-state index contributed by atoms with van der Waals surface area (Å²) < 4.78 is 1.30. The van der Waals surface area contributed by atoms with E-state index in [0.717, 1.165) is 0 Å². The normalized spacial score (nSPS) is 11.2. The number of carboxylic acids is 1. The van der Waals surface area contributed by atoms with Gasteiger partial charge in [-0.05, 0) is 17.5 Å². The molecule has 2 rings (SSSR count). The third-order valence-electron chi connectivity index (χ3n) is 3.19. The van der Waals surface area contributed by atoms with E-state index in [2.05, 4.69) is 0 Å². The third kappa shape index (κ3) is 2.02. The van der Waals surface area contributed by atoms with Gasteiger partial charge in [0.15, 0.2) is 0 Å². The third-order valence-corrected chi connectivity index (χ3v) is 3.50. The van der Waals surface area contributed by atoms with Gasteiger partial charge < -0.3 is 9.67 Å². The van der Waals surface area contributed by atoms with E-state index in [9.17, 15) is 14.7 Å². The van der Waals surface area contributed by atoms with Gasteiger partial charge in [-0.3, -0.25) is 4.79 Å². The molecule has 1 heterocycles. The van der Waals surface area contributed by atoms with Crippen molar-refractivity contribution in [2.45, 2.75) is 19.8 Å². The Morgan fingerprint density at radius 1 is 1.37 bits per heavy atom. The first kappa shape index (κ1) is 13.6. The number of carbonyl (C=O) groups is 1. The van der Waals surface area contributed by atoms with Crippen LogP contribution in [-0.2, 0) is 7.05 Å². The second-order valence-corrected chi connectivity index (χ2v) is 5.16. The van der Waals surface area contributed by atoms with Crippen molar-refractivity contribution in [2.75, 3.05) is 0 Å². The second kappa shape index (κ2) is 4.70. The number of benzene rings is 1. The lowest BCUT2D eigenvalue weighted by Crippen LogP contribution is -2.27. The number of nitrogens with zero attached hydrogens (tertiary/aromatic N) is 1.